The second kappa shape index (κ2) is 6.12. The van der Waals surface area contributed by atoms with Crippen LogP contribution in [-0.2, 0) is 11.2 Å². The normalized spacial score (nSPS) is 16.0. The van der Waals surface area contributed by atoms with Gasteiger partial charge in [0.1, 0.15) is 0 Å². The number of nitrogens with two attached hydrogens (primary N) is 1. The first-order valence-electron chi connectivity index (χ1n) is 7.66. The number of aromatic nitrogens is 1. The van der Waals surface area contributed by atoms with Crippen molar-refractivity contribution in [2.24, 2.45) is 0 Å². The molecule has 0 saturated heterocycles. The molecule has 1 fully saturated rings. The fourth-order valence-electron chi connectivity index (χ4n) is 3.00. The van der Waals surface area contributed by atoms with Crippen molar-refractivity contribution in [2.45, 2.75) is 44.6 Å². The van der Waals surface area contributed by atoms with E-state index < -0.39 is 0 Å². The predicted molar refractivity (Wildman–Crippen MR) is 84.9 cm³/mol. The average molecular weight is 283 g/mol. The number of anilines is 1. The summed E-state index contributed by atoms with van der Waals surface area (Å²) in [6, 6.07) is 9.95. The lowest BCUT2D eigenvalue weighted by Crippen LogP contribution is -2.37. The third-order valence-corrected chi connectivity index (χ3v) is 4.12. The van der Waals surface area contributed by atoms with Crippen molar-refractivity contribution >= 4 is 22.5 Å². The van der Waals surface area contributed by atoms with Crippen molar-refractivity contribution in [2.75, 3.05) is 5.73 Å². The van der Waals surface area contributed by atoms with Crippen LogP contribution >= 0.6 is 0 Å². The molecule has 1 amide bonds. The Balaban J connectivity index is 1.69. The van der Waals surface area contributed by atoms with E-state index in [1.807, 2.05) is 30.3 Å². The molecule has 3 rings (SSSR count). The Kier molecular flexibility index (Phi) is 4.04. The molecule has 0 atom stereocenters. The number of para-hydroxylation sites is 1. The van der Waals surface area contributed by atoms with Crippen molar-refractivity contribution in [3.8, 4) is 0 Å². The first-order valence-corrected chi connectivity index (χ1v) is 7.66. The number of nitrogens with one attached hydrogen (secondary N) is 1. The number of rotatable bonds is 3. The van der Waals surface area contributed by atoms with E-state index in [4.69, 9.17) is 5.73 Å². The molecule has 1 aliphatic carbocycles. The fourth-order valence-corrected chi connectivity index (χ4v) is 3.00. The zero-order valence-corrected chi connectivity index (χ0v) is 12.1. The minimum Gasteiger partial charge on any atom is -0.397 e. The lowest BCUT2D eigenvalue weighted by Gasteiger charge is -2.22. The van der Waals surface area contributed by atoms with Gasteiger partial charge in [-0.3, -0.25) is 9.78 Å². The van der Waals surface area contributed by atoms with Crippen LogP contribution in [0.3, 0.4) is 0 Å². The van der Waals surface area contributed by atoms with Crippen LogP contribution in [0.5, 0.6) is 0 Å². The van der Waals surface area contributed by atoms with E-state index >= 15 is 0 Å². The third kappa shape index (κ3) is 3.32. The number of fused-ring (bicyclic) bond motifs is 1. The lowest BCUT2D eigenvalue weighted by molar-refractivity contribution is -0.121. The summed E-state index contributed by atoms with van der Waals surface area (Å²) in [5.41, 5.74) is 8.15. The van der Waals surface area contributed by atoms with Gasteiger partial charge in [0.25, 0.3) is 0 Å². The number of benzene rings is 1. The van der Waals surface area contributed by atoms with Crippen LogP contribution in [0.2, 0.25) is 0 Å². The number of nitrogen functional groups attached to an aromatic ring is 1. The van der Waals surface area contributed by atoms with E-state index in [0.717, 1.165) is 29.4 Å². The number of pyridine rings is 1. The van der Waals surface area contributed by atoms with Gasteiger partial charge < -0.3 is 11.1 Å². The number of hydrogen-bond acceptors (Lipinski definition) is 3. The molecule has 0 radical (unpaired) electrons. The molecule has 21 heavy (non-hydrogen) atoms. The van der Waals surface area contributed by atoms with Crippen LogP contribution in [0.4, 0.5) is 5.69 Å². The molecule has 0 aliphatic heterocycles. The maximum atomic E-state index is 12.1. The highest BCUT2D eigenvalue weighted by Gasteiger charge is 2.16. The number of carbonyl (C=O) groups is 1. The van der Waals surface area contributed by atoms with Gasteiger partial charge >= 0.3 is 0 Å². The highest BCUT2D eigenvalue weighted by molar-refractivity contribution is 5.89. The summed E-state index contributed by atoms with van der Waals surface area (Å²) < 4.78 is 0. The molecule has 1 heterocycles. The summed E-state index contributed by atoms with van der Waals surface area (Å²) in [6.45, 7) is 0. The Bertz CT molecular complexity index is 648. The summed E-state index contributed by atoms with van der Waals surface area (Å²) in [4.78, 5) is 16.6. The zero-order valence-electron chi connectivity index (χ0n) is 12.1. The van der Waals surface area contributed by atoms with E-state index in [2.05, 4.69) is 10.3 Å². The van der Waals surface area contributed by atoms with Crippen LogP contribution < -0.4 is 11.1 Å². The van der Waals surface area contributed by atoms with E-state index in [1.54, 1.807) is 0 Å². The van der Waals surface area contributed by atoms with E-state index in [1.165, 1.54) is 19.3 Å². The van der Waals surface area contributed by atoms with Gasteiger partial charge in [-0.25, -0.2) is 0 Å². The molecule has 4 heteroatoms. The Hall–Kier alpha value is -2.10. The molecule has 4 nitrogen and oxygen atoms in total. The maximum Gasteiger partial charge on any atom is 0.226 e. The molecular formula is C17H21N3O. The van der Waals surface area contributed by atoms with Gasteiger partial charge in [-0.2, -0.15) is 0 Å². The van der Waals surface area contributed by atoms with Crippen molar-refractivity contribution in [1.82, 2.24) is 10.3 Å². The van der Waals surface area contributed by atoms with Crippen molar-refractivity contribution < 1.29 is 4.79 Å². The molecule has 1 saturated carbocycles. The van der Waals surface area contributed by atoms with Gasteiger partial charge in [-0.15, -0.1) is 0 Å². The molecule has 3 N–H and O–H groups in total. The standard InChI is InChI=1S/C17H21N3O/c18-15-8-4-5-12-9-10-14(20-17(12)15)11-16(21)19-13-6-2-1-3-7-13/h4-5,8-10,13H,1-3,6-7,11,18H2,(H,19,21). The van der Waals surface area contributed by atoms with Gasteiger partial charge in [-0.1, -0.05) is 37.5 Å². The van der Waals surface area contributed by atoms with Gasteiger partial charge in [-0.05, 0) is 25.0 Å². The highest BCUT2D eigenvalue weighted by Crippen LogP contribution is 2.20. The molecule has 1 aromatic carbocycles. The summed E-state index contributed by atoms with van der Waals surface area (Å²) in [5.74, 6) is 0.0586. The summed E-state index contributed by atoms with van der Waals surface area (Å²) >= 11 is 0. The molecule has 0 unspecified atom stereocenters. The molecule has 1 aromatic heterocycles. The van der Waals surface area contributed by atoms with Gasteiger partial charge in [0, 0.05) is 11.4 Å². The van der Waals surface area contributed by atoms with Crippen molar-refractivity contribution in [3.63, 3.8) is 0 Å². The largest absolute Gasteiger partial charge is 0.397 e. The predicted octanol–water partition coefficient (Wildman–Crippen LogP) is 2.81. The Morgan fingerprint density at radius 3 is 2.81 bits per heavy atom. The minimum atomic E-state index is 0.0586. The third-order valence-electron chi connectivity index (χ3n) is 4.12. The minimum absolute atomic E-state index is 0.0586. The first-order chi connectivity index (χ1) is 10.2. The first kappa shape index (κ1) is 13.9. The molecule has 2 aromatic rings. The van der Waals surface area contributed by atoms with Crippen LogP contribution in [-0.4, -0.2) is 16.9 Å². The smallest absolute Gasteiger partial charge is 0.226 e. The Labute approximate surface area is 124 Å². The fraction of sp³-hybridized carbons (Fsp3) is 0.412. The monoisotopic (exact) mass is 283 g/mol. The lowest BCUT2D eigenvalue weighted by atomic mass is 9.95. The van der Waals surface area contributed by atoms with Crippen molar-refractivity contribution in [3.05, 3.63) is 36.0 Å². The van der Waals surface area contributed by atoms with Crippen LogP contribution in [0.25, 0.3) is 10.9 Å². The molecule has 0 spiro atoms. The Morgan fingerprint density at radius 2 is 2.00 bits per heavy atom. The topological polar surface area (TPSA) is 68.0 Å². The molecule has 1 aliphatic rings. The van der Waals surface area contributed by atoms with Gasteiger partial charge in [0.15, 0.2) is 0 Å². The van der Waals surface area contributed by atoms with Crippen LogP contribution in [0.15, 0.2) is 30.3 Å². The van der Waals surface area contributed by atoms with E-state index in [-0.39, 0.29) is 5.91 Å². The Morgan fingerprint density at radius 1 is 1.19 bits per heavy atom. The molecule has 110 valence electrons. The van der Waals surface area contributed by atoms with Gasteiger partial charge in [0.05, 0.1) is 23.3 Å². The van der Waals surface area contributed by atoms with Crippen LogP contribution in [0.1, 0.15) is 37.8 Å². The van der Waals surface area contributed by atoms with Gasteiger partial charge in [0.2, 0.25) is 5.91 Å². The number of hydrogen-bond donors (Lipinski definition) is 2. The second-order valence-electron chi connectivity index (χ2n) is 5.80. The average Bonchev–Trinajstić information content (AvgIpc) is 2.49. The highest BCUT2D eigenvalue weighted by atomic mass is 16.1. The molecular weight excluding hydrogens is 262 g/mol. The van der Waals surface area contributed by atoms with E-state index in [9.17, 15) is 4.79 Å². The van der Waals surface area contributed by atoms with Crippen molar-refractivity contribution in [1.29, 1.82) is 0 Å². The summed E-state index contributed by atoms with van der Waals surface area (Å²) in [7, 11) is 0. The number of amides is 1. The van der Waals surface area contributed by atoms with Crippen LogP contribution in [0, 0.1) is 0 Å². The zero-order chi connectivity index (χ0) is 14.7. The number of carbonyl (C=O) groups excluding carboxylic acids is 1. The quantitative estimate of drug-likeness (QED) is 0.851. The SMILES string of the molecule is Nc1cccc2ccc(CC(=O)NC3CCCCC3)nc12. The summed E-state index contributed by atoms with van der Waals surface area (Å²) in [5, 5.41) is 4.13. The van der Waals surface area contributed by atoms with E-state index in [0.29, 0.717) is 18.2 Å². The molecule has 0 bridgehead atoms. The number of nitrogens with zero attached hydrogens (tertiary/aromatic N) is 1. The second-order valence-corrected chi connectivity index (χ2v) is 5.80. The summed E-state index contributed by atoms with van der Waals surface area (Å²) in [6.07, 6.45) is 6.25. The maximum absolute atomic E-state index is 12.1.